The van der Waals surface area contributed by atoms with Gasteiger partial charge < -0.3 is 0 Å². The van der Waals surface area contributed by atoms with E-state index in [-0.39, 0.29) is 0 Å². The first-order valence-corrected chi connectivity index (χ1v) is 9.05. The summed E-state index contributed by atoms with van der Waals surface area (Å²) in [4.78, 5) is 4.28. The zero-order chi connectivity index (χ0) is 16.9. The van der Waals surface area contributed by atoms with E-state index in [9.17, 15) is 8.42 Å². The van der Waals surface area contributed by atoms with Gasteiger partial charge in [0.25, 0.3) is 10.2 Å². The first kappa shape index (κ1) is 17.6. The molecule has 1 atom stereocenters. The lowest BCUT2D eigenvalue weighted by Gasteiger charge is -2.22. The third kappa shape index (κ3) is 4.60. The normalized spacial score (nSPS) is 13.4. The molecule has 2 rings (SSSR count). The molecule has 0 bridgehead atoms. The molecule has 0 amide bonds. The van der Waals surface area contributed by atoms with E-state index < -0.39 is 16.3 Å². The fraction of sp³-hybridized carbons (Fsp3) is 0.467. The number of rotatable bonds is 8. The van der Waals surface area contributed by atoms with Crippen LogP contribution < -0.4 is 4.72 Å². The Morgan fingerprint density at radius 1 is 1.30 bits per heavy atom. The smallest absolute Gasteiger partial charge is 0.263 e. The third-order valence-corrected chi connectivity index (χ3v) is 5.05. The van der Waals surface area contributed by atoms with Gasteiger partial charge in [0.2, 0.25) is 0 Å². The van der Waals surface area contributed by atoms with Gasteiger partial charge >= 0.3 is 0 Å². The predicted molar refractivity (Wildman–Crippen MR) is 89.0 cm³/mol. The highest BCUT2D eigenvalue weighted by molar-refractivity contribution is 7.87. The van der Waals surface area contributed by atoms with E-state index in [4.69, 9.17) is 0 Å². The Labute approximate surface area is 137 Å². The molecular formula is C15H23N5O2S. The van der Waals surface area contributed by atoms with Crippen molar-refractivity contribution in [1.82, 2.24) is 24.2 Å². The van der Waals surface area contributed by atoms with Gasteiger partial charge in [-0.3, -0.25) is 5.10 Å². The summed E-state index contributed by atoms with van der Waals surface area (Å²) in [6, 6.07) is 8.67. The topological polar surface area (TPSA) is 91.0 Å². The summed E-state index contributed by atoms with van der Waals surface area (Å²) >= 11 is 0. The van der Waals surface area contributed by atoms with Crippen LogP contribution in [0.4, 0.5) is 0 Å². The molecule has 2 N–H and O–H groups in total. The van der Waals surface area contributed by atoms with E-state index in [1.165, 1.54) is 4.31 Å². The van der Waals surface area contributed by atoms with Crippen molar-refractivity contribution in [2.24, 2.45) is 0 Å². The monoisotopic (exact) mass is 337 g/mol. The van der Waals surface area contributed by atoms with Gasteiger partial charge in [0.1, 0.15) is 11.9 Å². The van der Waals surface area contributed by atoms with Gasteiger partial charge in [0.05, 0.1) is 0 Å². The van der Waals surface area contributed by atoms with Crippen LogP contribution in [0.5, 0.6) is 0 Å². The minimum absolute atomic E-state index is 0.404. The van der Waals surface area contributed by atoms with Crippen molar-refractivity contribution < 1.29 is 8.42 Å². The van der Waals surface area contributed by atoms with Gasteiger partial charge in [-0.1, -0.05) is 43.7 Å². The molecule has 0 spiro atoms. The first-order chi connectivity index (χ1) is 10.9. The molecule has 0 aliphatic rings. The van der Waals surface area contributed by atoms with Gasteiger partial charge in [-0.05, 0) is 18.9 Å². The average Bonchev–Trinajstić information content (AvgIpc) is 2.97. The largest absolute Gasteiger partial charge is 0.280 e. The van der Waals surface area contributed by atoms with E-state index in [1.54, 1.807) is 14.0 Å². The van der Waals surface area contributed by atoms with E-state index in [1.807, 2.05) is 37.3 Å². The number of aromatic amines is 1. The van der Waals surface area contributed by atoms with Crippen molar-refractivity contribution in [3.63, 3.8) is 0 Å². The summed E-state index contributed by atoms with van der Waals surface area (Å²) in [7, 11) is -2.06. The van der Waals surface area contributed by atoms with Crippen molar-refractivity contribution in [2.45, 2.75) is 32.7 Å². The van der Waals surface area contributed by atoms with Crippen LogP contribution in [0, 0.1) is 6.92 Å². The van der Waals surface area contributed by atoms with Crippen LogP contribution in [0.1, 0.15) is 43.0 Å². The number of hydrogen-bond acceptors (Lipinski definition) is 4. The van der Waals surface area contributed by atoms with Crippen LogP contribution in [-0.4, -0.2) is 41.5 Å². The van der Waals surface area contributed by atoms with Crippen molar-refractivity contribution in [1.29, 1.82) is 0 Å². The van der Waals surface area contributed by atoms with Gasteiger partial charge in [-0.15, -0.1) is 0 Å². The molecule has 0 radical (unpaired) electrons. The summed E-state index contributed by atoms with van der Waals surface area (Å²) in [6.45, 7) is 4.28. The minimum Gasteiger partial charge on any atom is -0.263 e. The van der Waals surface area contributed by atoms with Crippen LogP contribution in [0.25, 0.3) is 0 Å². The van der Waals surface area contributed by atoms with E-state index >= 15 is 0 Å². The molecule has 0 aliphatic carbocycles. The molecule has 1 heterocycles. The van der Waals surface area contributed by atoms with Gasteiger partial charge in [0.15, 0.2) is 5.82 Å². The lowest BCUT2D eigenvalue weighted by Crippen LogP contribution is -2.41. The van der Waals surface area contributed by atoms with Crippen LogP contribution >= 0.6 is 0 Å². The average molecular weight is 337 g/mol. The van der Waals surface area contributed by atoms with Crippen LogP contribution in [-0.2, 0) is 10.2 Å². The second-order valence-corrected chi connectivity index (χ2v) is 7.23. The fourth-order valence-corrected chi connectivity index (χ4v) is 3.23. The number of nitrogens with zero attached hydrogens (tertiary/aromatic N) is 3. The number of nitrogens with one attached hydrogen (secondary N) is 2. The summed E-state index contributed by atoms with van der Waals surface area (Å²) in [5.74, 6) is 1.04. The summed E-state index contributed by atoms with van der Waals surface area (Å²) < 4.78 is 29.1. The minimum atomic E-state index is -3.63. The van der Waals surface area contributed by atoms with Crippen molar-refractivity contribution >= 4 is 10.2 Å². The molecule has 1 aromatic heterocycles. The standard InChI is InChI=1S/C15H23N5O2S/c1-4-5-11-20(3)23(21,22)19-14(13-9-7-6-8-10-13)15-16-12(2)17-18-15/h6-10,14,19H,4-5,11H2,1-3H3,(H,16,17,18). The zero-order valence-corrected chi connectivity index (χ0v) is 14.5. The Hall–Kier alpha value is -1.77. The number of aromatic nitrogens is 3. The van der Waals surface area contributed by atoms with Crippen molar-refractivity contribution in [3.8, 4) is 0 Å². The Morgan fingerprint density at radius 3 is 2.57 bits per heavy atom. The first-order valence-electron chi connectivity index (χ1n) is 7.61. The molecule has 126 valence electrons. The Morgan fingerprint density at radius 2 is 2.00 bits per heavy atom. The summed E-state index contributed by atoms with van der Waals surface area (Å²) in [6.07, 6.45) is 1.75. The number of H-pyrrole nitrogens is 1. The second-order valence-electron chi connectivity index (χ2n) is 5.42. The number of unbranched alkanes of at least 4 members (excludes halogenated alkanes) is 1. The molecule has 1 aromatic carbocycles. The maximum Gasteiger partial charge on any atom is 0.280 e. The molecule has 8 heteroatoms. The van der Waals surface area contributed by atoms with Gasteiger partial charge in [-0.25, -0.2) is 4.98 Å². The fourth-order valence-electron chi connectivity index (χ4n) is 2.14. The zero-order valence-electron chi connectivity index (χ0n) is 13.7. The molecule has 0 fully saturated rings. The van der Waals surface area contributed by atoms with Crippen LogP contribution in [0.15, 0.2) is 30.3 Å². The SMILES string of the molecule is CCCCN(C)S(=O)(=O)NC(c1ccccc1)c1n[nH]c(C)n1. The van der Waals surface area contributed by atoms with Crippen LogP contribution in [0.2, 0.25) is 0 Å². The quantitative estimate of drug-likeness (QED) is 0.768. The molecule has 0 saturated heterocycles. The van der Waals surface area contributed by atoms with Gasteiger partial charge in [-0.2, -0.15) is 22.5 Å². The van der Waals surface area contributed by atoms with Crippen LogP contribution in [0.3, 0.4) is 0 Å². The molecule has 2 aromatic rings. The summed E-state index contributed by atoms with van der Waals surface area (Å²) in [5, 5.41) is 6.88. The predicted octanol–water partition coefficient (Wildman–Crippen LogP) is 1.77. The third-order valence-electron chi connectivity index (χ3n) is 3.51. The highest BCUT2D eigenvalue weighted by Crippen LogP contribution is 2.20. The van der Waals surface area contributed by atoms with E-state index in [0.717, 1.165) is 18.4 Å². The molecular weight excluding hydrogens is 314 g/mol. The highest BCUT2D eigenvalue weighted by atomic mass is 32.2. The summed E-state index contributed by atoms with van der Waals surface area (Å²) in [5.41, 5.74) is 0.791. The molecule has 1 unspecified atom stereocenters. The number of benzene rings is 1. The number of aryl methyl sites for hydroxylation is 1. The Bertz CT molecular complexity index is 714. The maximum absolute atomic E-state index is 12.5. The molecule has 0 saturated carbocycles. The van der Waals surface area contributed by atoms with Crippen molar-refractivity contribution in [3.05, 3.63) is 47.5 Å². The van der Waals surface area contributed by atoms with Gasteiger partial charge in [0, 0.05) is 13.6 Å². The molecule has 7 nitrogen and oxygen atoms in total. The number of hydrogen-bond donors (Lipinski definition) is 2. The molecule has 0 aliphatic heterocycles. The lowest BCUT2D eigenvalue weighted by atomic mass is 10.1. The second kappa shape index (κ2) is 7.67. The lowest BCUT2D eigenvalue weighted by molar-refractivity contribution is 0.443. The highest BCUT2D eigenvalue weighted by Gasteiger charge is 2.27. The Balaban J connectivity index is 2.28. The molecule has 23 heavy (non-hydrogen) atoms. The van der Waals surface area contributed by atoms with E-state index in [2.05, 4.69) is 19.9 Å². The van der Waals surface area contributed by atoms with Crippen molar-refractivity contribution in [2.75, 3.05) is 13.6 Å². The van der Waals surface area contributed by atoms with E-state index in [0.29, 0.717) is 18.2 Å². The Kier molecular flexibility index (Phi) is 5.86. The maximum atomic E-state index is 12.5.